The molecule has 0 aliphatic carbocycles. The molecular weight excluding hydrogens is 360 g/mol. The number of hydrogen-bond donors (Lipinski definition) is 1. The summed E-state index contributed by atoms with van der Waals surface area (Å²) < 4.78 is 0. The van der Waals surface area contributed by atoms with Gasteiger partial charge in [-0.2, -0.15) is 0 Å². The molecule has 0 bridgehead atoms. The standard InChI is InChI=1S/C20H18N4O2S/c1-14-9-12-27-18(14)19(25)22-15-7-8-17(21-13-15)24-11-10-23(20(24)26)16-5-3-2-4-6-16/h2-9,12-13H,10-11H2,1H3,(H,22,25). The Hall–Kier alpha value is -3.19. The fourth-order valence-electron chi connectivity index (χ4n) is 3.01. The van der Waals surface area contributed by atoms with Crippen molar-refractivity contribution in [3.05, 3.63) is 70.5 Å². The second-order valence-electron chi connectivity index (χ2n) is 6.21. The third-order valence-electron chi connectivity index (χ3n) is 4.43. The number of amides is 3. The molecule has 27 heavy (non-hydrogen) atoms. The third kappa shape index (κ3) is 3.41. The quantitative estimate of drug-likeness (QED) is 0.742. The van der Waals surface area contributed by atoms with Crippen LogP contribution in [-0.4, -0.2) is 30.0 Å². The molecule has 3 heterocycles. The minimum absolute atomic E-state index is 0.0975. The van der Waals surface area contributed by atoms with Crippen LogP contribution < -0.4 is 15.1 Å². The lowest BCUT2D eigenvalue weighted by Gasteiger charge is -2.18. The summed E-state index contributed by atoms with van der Waals surface area (Å²) in [4.78, 5) is 33.4. The summed E-state index contributed by atoms with van der Waals surface area (Å²) in [6.45, 7) is 3.09. The van der Waals surface area contributed by atoms with Crippen LogP contribution in [0.4, 0.5) is 22.0 Å². The smallest absolute Gasteiger partial charge is 0.320 e. The molecule has 3 amide bonds. The molecule has 1 aromatic carbocycles. The van der Waals surface area contributed by atoms with E-state index in [1.165, 1.54) is 11.3 Å². The SMILES string of the molecule is Cc1ccsc1C(=O)Nc1ccc(N2CCN(c3ccccc3)C2=O)nc1. The van der Waals surface area contributed by atoms with Gasteiger partial charge in [0.15, 0.2) is 0 Å². The Morgan fingerprint density at radius 1 is 1.07 bits per heavy atom. The van der Waals surface area contributed by atoms with E-state index in [0.717, 1.165) is 11.3 Å². The number of nitrogens with one attached hydrogen (secondary N) is 1. The maximum atomic E-state index is 12.7. The van der Waals surface area contributed by atoms with Crippen molar-refractivity contribution in [1.82, 2.24) is 4.98 Å². The van der Waals surface area contributed by atoms with Gasteiger partial charge in [0, 0.05) is 18.8 Å². The molecule has 3 aromatic rings. The lowest BCUT2D eigenvalue weighted by atomic mass is 10.3. The van der Waals surface area contributed by atoms with Crippen LogP contribution in [-0.2, 0) is 0 Å². The Morgan fingerprint density at radius 2 is 1.85 bits per heavy atom. The molecule has 7 heteroatoms. The van der Waals surface area contributed by atoms with E-state index in [2.05, 4.69) is 10.3 Å². The molecule has 0 radical (unpaired) electrons. The van der Waals surface area contributed by atoms with E-state index in [9.17, 15) is 9.59 Å². The normalized spacial score (nSPS) is 13.9. The third-order valence-corrected chi connectivity index (χ3v) is 5.44. The maximum Gasteiger partial charge on any atom is 0.330 e. The van der Waals surface area contributed by atoms with Crippen molar-refractivity contribution in [3.8, 4) is 0 Å². The largest absolute Gasteiger partial charge is 0.330 e. The number of benzene rings is 1. The average molecular weight is 378 g/mol. The van der Waals surface area contributed by atoms with Gasteiger partial charge in [-0.05, 0) is 48.2 Å². The van der Waals surface area contributed by atoms with Crippen molar-refractivity contribution in [2.45, 2.75) is 6.92 Å². The van der Waals surface area contributed by atoms with Gasteiger partial charge in [0.25, 0.3) is 5.91 Å². The number of pyridine rings is 1. The molecule has 6 nitrogen and oxygen atoms in total. The second-order valence-corrected chi connectivity index (χ2v) is 7.13. The summed E-state index contributed by atoms with van der Waals surface area (Å²) >= 11 is 1.41. The van der Waals surface area contributed by atoms with Crippen molar-refractivity contribution in [2.75, 3.05) is 28.2 Å². The lowest BCUT2D eigenvalue weighted by molar-refractivity contribution is 0.103. The zero-order valence-corrected chi connectivity index (χ0v) is 15.6. The van der Waals surface area contributed by atoms with Gasteiger partial charge in [-0.15, -0.1) is 11.3 Å². The average Bonchev–Trinajstić information content (AvgIpc) is 3.29. The highest BCUT2D eigenvalue weighted by Gasteiger charge is 2.31. The number of thiophene rings is 1. The maximum absolute atomic E-state index is 12.7. The van der Waals surface area contributed by atoms with Gasteiger partial charge in [0.05, 0.1) is 16.8 Å². The van der Waals surface area contributed by atoms with E-state index in [-0.39, 0.29) is 11.9 Å². The van der Waals surface area contributed by atoms with Gasteiger partial charge in [0.1, 0.15) is 5.82 Å². The minimum Gasteiger partial charge on any atom is -0.320 e. The van der Waals surface area contributed by atoms with Crippen molar-refractivity contribution >= 4 is 40.5 Å². The Kier molecular flexibility index (Phi) is 4.60. The van der Waals surface area contributed by atoms with Gasteiger partial charge in [-0.25, -0.2) is 9.78 Å². The van der Waals surface area contributed by atoms with Crippen LogP contribution in [0.2, 0.25) is 0 Å². The number of anilines is 3. The Balaban J connectivity index is 1.46. The highest BCUT2D eigenvalue weighted by atomic mass is 32.1. The zero-order chi connectivity index (χ0) is 18.8. The molecular formula is C20H18N4O2S. The summed E-state index contributed by atoms with van der Waals surface area (Å²) in [7, 11) is 0. The van der Waals surface area contributed by atoms with Gasteiger partial charge < -0.3 is 5.32 Å². The van der Waals surface area contributed by atoms with E-state index in [1.54, 1.807) is 28.1 Å². The van der Waals surface area contributed by atoms with Crippen molar-refractivity contribution in [1.29, 1.82) is 0 Å². The van der Waals surface area contributed by atoms with E-state index >= 15 is 0 Å². The minimum atomic E-state index is -0.149. The van der Waals surface area contributed by atoms with Crippen molar-refractivity contribution in [2.24, 2.45) is 0 Å². The molecule has 0 atom stereocenters. The van der Waals surface area contributed by atoms with Crippen LogP contribution >= 0.6 is 11.3 Å². The fourth-order valence-corrected chi connectivity index (χ4v) is 3.83. The van der Waals surface area contributed by atoms with Crippen LogP contribution in [0.5, 0.6) is 0 Å². The van der Waals surface area contributed by atoms with Crippen LogP contribution in [0.15, 0.2) is 60.1 Å². The highest BCUT2D eigenvalue weighted by Crippen LogP contribution is 2.24. The van der Waals surface area contributed by atoms with Crippen LogP contribution in [0.3, 0.4) is 0 Å². The highest BCUT2D eigenvalue weighted by molar-refractivity contribution is 7.12. The van der Waals surface area contributed by atoms with Crippen molar-refractivity contribution in [3.63, 3.8) is 0 Å². The topological polar surface area (TPSA) is 65.5 Å². The predicted molar refractivity (Wildman–Crippen MR) is 108 cm³/mol. The number of urea groups is 1. The first-order chi connectivity index (χ1) is 13.1. The van der Waals surface area contributed by atoms with E-state index in [4.69, 9.17) is 0 Å². The van der Waals surface area contributed by atoms with Gasteiger partial charge in [-0.1, -0.05) is 18.2 Å². The molecule has 136 valence electrons. The Bertz CT molecular complexity index is 969. The Morgan fingerprint density at radius 3 is 2.52 bits per heavy atom. The van der Waals surface area contributed by atoms with E-state index in [0.29, 0.717) is 29.5 Å². The van der Waals surface area contributed by atoms with Crippen LogP contribution in [0, 0.1) is 6.92 Å². The molecule has 0 spiro atoms. The fraction of sp³-hybridized carbons (Fsp3) is 0.150. The van der Waals surface area contributed by atoms with E-state index in [1.807, 2.05) is 48.7 Å². The number of rotatable bonds is 4. The van der Waals surface area contributed by atoms with Gasteiger partial charge in [-0.3, -0.25) is 14.6 Å². The van der Waals surface area contributed by atoms with Crippen LogP contribution in [0.1, 0.15) is 15.2 Å². The molecule has 1 aliphatic rings. The molecule has 1 aliphatic heterocycles. The van der Waals surface area contributed by atoms with Crippen LogP contribution in [0.25, 0.3) is 0 Å². The predicted octanol–water partition coefficient (Wildman–Crippen LogP) is 4.15. The first-order valence-corrected chi connectivity index (χ1v) is 9.47. The number of carbonyl (C=O) groups is 2. The Labute approximate surface area is 161 Å². The number of carbonyl (C=O) groups excluding carboxylic acids is 2. The zero-order valence-electron chi connectivity index (χ0n) is 14.8. The van der Waals surface area contributed by atoms with Crippen molar-refractivity contribution < 1.29 is 9.59 Å². The van der Waals surface area contributed by atoms with Gasteiger partial charge >= 0.3 is 6.03 Å². The molecule has 1 fully saturated rings. The molecule has 0 saturated carbocycles. The first kappa shape index (κ1) is 17.2. The molecule has 0 unspecified atom stereocenters. The number of aromatic nitrogens is 1. The number of nitrogens with zero attached hydrogens (tertiary/aromatic N) is 3. The second kappa shape index (κ2) is 7.20. The summed E-state index contributed by atoms with van der Waals surface area (Å²) in [5.41, 5.74) is 2.43. The summed E-state index contributed by atoms with van der Waals surface area (Å²) in [5.74, 6) is 0.424. The molecule has 1 saturated heterocycles. The molecule has 2 aromatic heterocycles. The molecule has 4 rings (SSSR count). The van der Waals surface area contributed by atoms with E-state index < -0.39 is 0 Å². The first-order valence-electron chi connectivity index (χ1n) is 8.59. The monoisotopic (exact) mass is 378 g/mol. The summed E-state index contributed by atoms with van der Waals surface area (Å²) in [6, 6.07) is 14.9. The van der Waals surface area contributed by atoms with Gasteiger partial charge in [0.2, 0.25) is 0 Å². The summed E-state index contributed by atoms with van der Waals surface area (Å²) in [6.07, 6.45) is 1.58. The lowest BCUT2D eigenvalue weighted by Crippen LogP contribution is -2.32. The number of aryl methyl sites for hydroxylation is 1. The number of hydrogen-bond acceptors (Lipinski definition) is 4. The number of para-hydroxylation sites is 1. The molecule has 1 N–H and O–H groups in total. The summed E-state index contributed by atoms with van der Waals surface area (Å²) in [5, 5.41) is 4.74.